The summed E-state index contributed by atoms with van der Waals surface area (Å²) in [7, 11) is 0. The predicted octanol–water partition coefficient (Wildman–Crippen LogP) is 1.25. The van der Waals surface area contributed by atoms with Gasteiger partial charge >= 0.3 is 5.97 Å². The number of anilines is 1. The second-order valence-electron chi connectivity index (χ2n) is 5.03. The van der Waals surface area contributed by atoms with Gasteiger partial charge in [0.15, 0.2) is 5.82 Å². The van der Waals surface area contributed by atoms with Crippen LogP contribution in [0.15, 0.2) is 12.3 Å². The summed E-state index contributed by atoms with van der Waals surface area (Å²) in [4.78, 5) is 22.3. The highest BCUT2D eigenvalue weighted by atomic mass is 16.5. The molecule has 0 aromatic carbocycles. The molecule has 7 nitrogen and oxygen atoms in total. The summed E-state index contributed by atoms with van der Waals surface area (Å²) in [5.74, 6) is -0.732. The van der Waals surface area contributed by atoms with E-state index in [1.54, 1.807) is 6.07 Å². The number of ether oxygens (including phenoxy) is 1. The molecule has 0 saturated carbocycles. The molecule has 20 heavy (non-hydrogen) atoms. The van der Waals surface area contributed by atoms with Crippen molar-refractivity contribution in [3.05, 3.63) is 12.3 Å². The van der Waals surface area contributed by atoms with Crippen molar-refractivity contribution in [2.45, 2.75) is 51.4 Å². The molecule has 0 spiro atoms. The number of carboxylic acid groups (broad SMARTS) is 1. The number of carbonyl (C=O) groups is 2. The predicted molar refractivity (Wildman–Crippen MR) is 71.3 cm³/mol. The van der Waals surface area contributed by atoms with Crippen LogP contribution in [0.5, 0.6) is 0 Å². The Morgan fingerprint density at radius 3 is 3.00 bits per heavy atom. The zero-order valence-electron chi connectivity index (χ0n) is 11.4. The van der Waals surface area contributed by atoms with Gasteiger partial charge in [-0.05, 0) is 26.2 Å². The highest BCUT2D eigenvalue weighted by molar-refractivity contribution is 5.89. The third-order valence-electron chi connectivity index (χ3n) is 3.22. The van der Waals surface area contributed by atoms with E-state index in [1.165, 1.54) is 10.9 Å². The van der Waals surface area contributed by atoms with E-state index in [0.717, 1.165) is 12.8 Å². The lowest BCUT2D eigenvalue weighted by atomic mass is 10.1. The van der Waals surface area contributed by atoms with Gasteiger partial charge in [0.05, 0.1) is 12.2 Å². The Bertz CT molecular complexity index is 486. The molecule has 1 fully saturated rings. The molecule has 7 heteroatoms. The second-order valence-corrected chi connectivity index (χ2v) is 5.03. The topological polar surface area (TPSA) is 93.5 Å². The maximum atomic E-state index is 11.7. The molecule has 2 heterocycles. The Balaban J connectivity index is 1.73. The maximum absolute atomic E-state index is 11.7. The number of aliphatic carboxylic acids is 1. The summed E-state index contributed by atoms with van der Waals surface area (Å²) in [6.45, 7) is 1.82. The molecular formula is C13H19N3O4. The van der Waals surface area contributed by atoms with Crippen molar-refractivity contribution in [2.75, 3.05) is 5.32 Å². The Kier molecular flexibility index (Phi) is 4.73. The summed E-state index contributed by atoms with van der Waals surface area (Å²) >= 11 is 0. The number of hydrogen-bond donors (Lipinski definition) is 2. The quantitative estimate of drug-likeness (QED) is 0.818. The van der Waals surface area contributed by atoms with E-state index in [2.05, 4.69) is 10.4 Å². The van der Waals surface area contributed by atoms with Crippen LogP contribution >= 0.6 is 0 Å². The van der Waals surface area contributed by atoms with Gasteiger partial charge < -0.3 is 15.2 Å². The Morgan fingerprint density at radius 2 is 2.35 bits per heavy atom. The lowest BCUT2D eigenvalue weighted by Gasteiger charge is -2.10. The minimum Gasteiger partial charge on any atom is -0.480 e. The van der Waals surface area contributed by atoms with Gasteiger partial charge in [-0.15, -0.1) is 0 Å². The minimum absolute atomic E-state index is 0.131. The average molecular weight is 281 g/mol. The molecule has 2 rings (SSSR count). The number of carbonyl (C=O) groups excluding carboxylic acids is 1. The molecule has 1 aliphatic heterocycles. The van der Waals surface area contributed by atoms with Crippen molar-refractivity contribution in [1.29, 1.82) is 0 Å². The maximum Gasteiger partial charge on any atom is 0.325 e. The fourth-order valence-corrected chi connectivity index (χ4v) is 2.25. The molecule has 1 aromatic rings. The van der Waals surface area contributed by atoms with E-state index in [1.807, 2.05) is 6.92 Å². The number of nitrogens with zero attached hydrogens (tertiary/aromatic N) is 2. The first-order chi connectivity index (χ1) is 9.52. The standard InChI is InChI=1S/C13H19N3O4/c1-9-2-3-10(20-9)4-5-12(17)14-11-6-7-16(15-11)8-13(18)19/h6-7,9-10H,2-5,8H2,1H3,(H,18,19)(H,14,15,17)/t9-,10+/m0/s1. The summed E-state index contributed by atoms with van der Waals surface area (Å²) < 4.78 is 6.91. The summed E-state index contributed by atoms with van der Waals surface area (Å²) in [5.41, 5.74) is 0. The number of aromatic nitrogens is 2. The van der Waals surface area contributed by atoms with Crippen LogP contribution in [-0.2, 0) is 20.9 Å². The number of hydrogen-bond acceptors (Lipinski definition) is 4. The van der Waals surface area contributed by atoms with E-state index in [4.69, 9.17) is 9.84 Å². The Morgan fingerprint density at radius 1 is 1.55 bits per heavy atom. The van der Waals surface area contributed by atoms with Crippen molar-refractivity contribution >= 4 is 17.7 Å². The SMILES string of the molecule is C[C@H]1CC[C@H](CCC(=O)Nc2ccn(CC(=O)O)n2)O1. The molecule has 2 N–H and O–H groups in total. The number of rotatable bonds is 6. The van der Waals surface area contributed by atoms with Gasteiger partial charge in [0.2, 0.25) is 5.91 Å². The Hall–Kier alpha value is -1.89. The van der Waals surface area contributed by atoms with Crippen LogP contribution in [0.25, 0.3) is 0 Å². The van der Waals surface area contributed by atoms with Crippen LogP contribution in [0.3, 0.4) is 0 Å². The van der Waals surface area contributed by atoms with Crippen LogP contribution in [-0.4, -0.2) is 39.0 Å². The zero-order chi connectivity index (χ0) is 14.5. The van der Waals surface area contributed by atoms with Crippen molar-refractivity contribution in [1.82, 2.24) is 9.78 Å². The van der Waals surface area contributed by atoms with Gasteiger partial charge in [0.25, 0.3) is 0 Å². The molecular weight excluding hydrogens is 262 g/mol. The molecule has 0 aliphatic carbocycles. The summed E-state index contributed by atoms with van der Waals surface area (Å²) in [6, 6.07) is 1.58. The monoisotopic (exact) mass is 281 g/mol. The van der Waals surface area contributed by atoms with Gasteiger partial charge in [-0.25, -0.2) is 0 Å². The van der Waals surface area contributed by atoms with E-state index in [-0.39, 0.29) is 24.7 Å². The van der Waals surface area contributed by atoms with Gasteiger partial charge in [-0.3, -0.25) is 14.3 Å². The average Bonchev–Trinajstić information content (AvgIpc) is 2.95. The van der Waals surface area contributed by atoms with Crippen LogP contribution in [0.1, 0.15) is 32.6 Å². The van der Waals surface area contributed by atoms with Gasteiger partial charge in [0.1, 0.15) is 6.54 Å². The van der Waals surface area contributed by atoms with E-state index < -0.39 is 5.97 Å². The molecule has 1 saturated heterocycles. The van der Waals surface area contributed by atoms with Crippen LogP contribution in [0, 0.1) is 0 Å². The van der Waals surface area contributed by atoms with Crippen molar-refractivity contribution < 1.29 is 19.4 Å². The molecule has 0 unspecified atom stereocenters. The first-order valence-corrected chi connectivity index (χ1v) is 6.73. The molecule has 1 amide bonds. The molecule has 110 valence electrons. The van der Waals surface area contributed by atoms with Gasteiger partial charge in [-0.2, -0.15) is 5.10 Å². The van der Waals surface area contributed by atoms with E-state index in [0.29, 0.717) is 18.7 Å². The number of nitrogens with one attached hydrogen (secondary N) is 1. The first-order valence-electron chi connectivity index (χ1n) is 6.73. The van der Waals surface area contributed by atoms with Crippen molar-refractivity contribution in [3.8, 4) is 0 Å². The molecule has 2 atom stereocenters. The molecule has 1 aromatic heterocycles. The summed E-state index contributed by atoms with van der Waals surface area (Å²) in [6.07, 6.45) is 5.10. The largest absolute Gasteiger partial charge is 0.480 e. The fourth-order valence-electron chi connectivity index (χ4n) is 2.25. The molecule has 0 radical (unpaired) electrons. The lowest BCUT2D eigenvalue weighted by Crippen LogP contribution is -2.16. The highest BCUT2D eigenvalue weighted by Crippen LogP contribution is 2.22. The van der Waals surface area contributed by atoms with E-state index in [9.17, 15) is 9.59 Å². The third-order valence-corrected chi connectivity index (χ3v) is 3.22. The fraction of sp³-hybridized carbons (Fsp3) is 0.615. The Labute approximate surface area is 116 Å². The second kappa shape index (κ2) is 6.51. The van der Waals surface area contributed by atoms with Crippen LogP contribution in [0.4, 0.5) is 5.82 Å². The molecule has 1 aliphatic rings. The van der Waals surface area contributed by atoms with Crippen molar-refractivity contribution in [2.24, 2.45) is 0 Å². The normalized spacial score (nSPS) is 21.9. The van der Waals surface area contributed by atoms with E-state index >= 15 is 0 Å². The third kappa shape index (κ3) is 4.34. The summed E-state index contributed by atoms with van der Waals surface area (Å²) in [5, 5.41) is 15.2. The van der Waals surface area contributed by atoms with Crippen LogP contribution < -0.4 is 5.32 Å². The zero-order valence-corrected chi connectivity index (χ0v) is 11.4. The number of amides is 1. The molecule has 0 bridgehead atoms. The first kappa shape index (κ1) is 14.5. The van der Waals surface area contributed by atoms with Crippen LogP contribution in [0.2, 0.25) is 0 Å². The lowest BCUT2D eigenvalue weighted by molar-refractivity contribution is -0.137. The highest BCUT2D eigenvalue weighted by Gasteiger charge is 2.22. The smallest absolute Gasteiger partial charge is 0.325 e. The van der Waals surface area contributed by atoms with Gasteiger partial charge in [0, 0.05) is 18.7 Å². The van der Waals surface area contributed by atoms with Crippen molar-refractivity contribution in [3.63, 3.8) is 0 Å². The van der Waals surface area contributed by atoms with Gasteiger partial charge in [-0.1, -0.05) is 0 Å². The number of carboxylic acids is 1. The minimum atomic E-state index is -0.974.